The third-order valence-corrected chi connectivity index (χ3v) is 4.74. The first kappa shape index (κ1) is 17.0. The van der Waals surface area contributed by atoms with Crippen LogP contribution in [0.1, 0.15) is 15.9 Å². The fourth-order valence-corrected chi connectivity index (χ4v) is 3.32. The standard InChI is InChI=1S/C20H17NO3S/c22-19(21-18-8-4-3-7-17(18)20(23)24)13-25-12-14-9-10-15-5-1-2-6-16(15)11-14/h1-11H,12-13H2,(H,21,22)(H,23,24)/p-1. The van der Waals surface area contributed by atoms with Crippen LogP contribution in [0.2, 0.25) is 0 Å². The molecule has 0 bridgehead atoms. The Balaban J connectivity index is 1.56. The monoisotopic (exact) mass is 350 g/mol. The topological polar surface area (TPSA) is 69.2 Å². The lowest BCUT2D eigenvalue weighted by Gasteiger charge is -2.11. The molecule has 0 radical (unpaired) electrons. The average molecular weight is 350 g/mol. The molecule has 1 amide bonds. The number of amides is 1. The molecule has 0 aliphatic carbocycles. The van der Waals surface area contributed by atoms with Crippen LogP contribution in [0.15, 0.2) is 66.7 Å². The van der Waals surface area contributed by atoms with Crippen molar-refractivity contribution >= 4 is 40.1 Å². The Morgan fingerprint density at radius 2 is 1.64 bits per heavy atom. The zero-order valence-electron chi connectivity index (χ0n) is 13.4. The number of carboxylic acids is 1. The molecule has 25 heavy (non-hydrogen) atoms. The first-order chi connectivity index (χ1) is 12.1. The van der Waals surface area contributed by atoms with Gasteiger partial charge in [-0.2, -0.15) is 0 Å². The van der Waals surface area contributed by atoms with Gasteiger partial charge in [0.15, 0.2) is 0 Å². The summed E-state index contributed by atoms with van der Waals surface area (Å²) in [5.41, 5.74) is 1.39. The normalized spacial score (nSPS) is 10.6. The van der Waals surface area contributed by atoms with Crippen molar-refractivity contribution in [2.75, 3.05) is 11.1 Å². The van der Waals surface area contributed by atoms with Crippen LogP contribution in [-0.4, -0.2) is 17.6 Å². The van der Waals surface area contributed by atoms with E-state index in [1.807, 2.05) is 12.1 Å². The Morgan fingerprint density at radius 1 is 0.920 bits per heavy atom. The van der Waals surface area contributed by atoms with Crippen molar-refractivity contribution in [3.63, 3.8) is 0 Å². The molecule has 0 atom stereocenters. The number of carbonyl (C=O) groups is 2. The Kier molecular flexibility index (Phi) is 5.36. The molecule has 0 unspecified atom stereocenters. The average Bonchev–Trinajstić information content (AvgIpc) is 2.62. The third kappa shape index (κ3) is 4.39. The Hall–Kier alpha value is -2.79. The molecule has 0 saturated carbocycles. The first-order valence-electron chi connectivity index (χ1n) is 7.79. The molecule has 4 nitrogen and oxygen atoms in total. The van der Waals surface area contributed by atoms with E-state index in [2.05, 4.69) is 35.6 Å². The number of aromatic carboxylic acids is 1. The maximum absolute atomic E-state index is 12.0. The zero-order chi connectivity index (χ0) is 17.6. The molecule has 0 aliphatic rings. The molecule has 0 fully saturated rings. The van der Waals surface area contributed by atoms with Gasteiger partial charge in [0.25, 0.3) is 0 Å². The number of thioether (sulfide) groups is 1. The molecule has 5 heteroatoms. The largest absolute Gasteiger partial charge is 0.545 e. The second-order valence-electron chi connectivity index (χ2n) is 5.56. The van der Waals surface area contributed by atoms with Gasteiger partial charge in [-0.1, -0.05) is 60.7 Å². The maximum atomic E-state index is 12.0. The zero-order valence-corrected chi connectivity index (χ0v) is 14.2. The Bertz CT molecular complexity index is 923. The molecule has 0 spiro atoms. The highest BCUT2D eigenvalue weighted by Gasteiger charge is 2.07. The van der Waals surface area contributed by atoms with Crippen LogP contribution in [0, 0.1) is 0 Å². The fourth-order valence-electron chi connectivity index (χ4n) is 2.55. The summed E-state index contributed by atoms with van der Waals surface area (Å²) in [6.45, 7) is 0. The van der Waals surface area contributed by atoms with Crippen LogP contribution >= 0.6 is 11.8 Å². The predicted molar refractivity (Wildman–Crippen MR) is 99.5 cm³/mol. The van der Waals surface area contributed by atoms with Gasteiger partial charge in [-0.15, -0.1) is 11.8 Å². The number of para-hydroxylation sites is 1. The molecule has 126 valence electrons. The van der Waals surface area contributed by atoms with Crippen molar-refractivity contribution < 1.29 is 14.7 Å². The van der Waals surface area contributed by atoms with Gasteiger partial charge in [0.2, 0.25) is 5.91 Å². The van der Waals surface area contributed by atoms with Gasteiger partial charge in [-0.25, -0.2) is 0 Å². The van der Waals surface area contributed by atoms with Crippen molar-refractivity contribution in [1.29, 1.82) is 0 Å². The summed E-state index contributed by atoms with van der Waals surface area (Å²) in [5.74, 6) is -0.589. The molecule has 0 aliphatic heterocycles. The summed E-state index contributed by atoms with van der Waals surface area (Å²) in [6, 6.07) is 20.6. The fraction of sp³-hybridized carbons (Fsp3) is 0.100. The molecule has 3 aromatic rings. The lowest BCUT2D eigenvalue weighted by Crippen LogP contribution is -2.25. The predicted octanol–water partition coefficient (Wildman–Crippen LogP) is 3.08. The van der Waals surface area contributed by atoms with Crippen molar-refractivity contribution in [2.24, 2.45) is 0 Å². The van der Waals surface area contributed by atoms with E-state index >= 15 is 0 Å². The lowest BCUT2D eigenvalue weighted by atomic mass is 10.1. The van der Waals surface area contributed by atoms with E-state index in [1.54, 1.807) is 18.2 Å². The molecular formula is C20H16NO3S-. The van der Waals surface area contributed by atoms with Crippen LogP contribution in [0.5, 0.6) is 0 Å². The van der Waals surface area contributed by atoms with Crippen LogP contribution in [0.4, 0.5) is 5.69 Å². The van der Waals surface area contributed by atoms with E-state index in [4.69, 9.17) is 0 Å². The van der Waals surface area contributed by atoms with Gasteiger partial charge in [0.1, 0.15) is 0 Å². The maximum Gasteiger partial charge on any atom is 0.234 e. The van der Waals surface area contributed by atoms with Crippen molar-refractivity contribution in [3.8, 4) is 0 Å². The molecule has 0 saturated heterocycles. The van der Waals surface area contributed by atoms with Gasteiger partial charge in [-0.3, -0.25) is 4.79 Å². The highest BCUT2D eigenvalue weighted by molar-refractivity contribution is 7.99. The van der Waals surface area contributed by atoms with Crippen molar-refractivity contribution in [2.45, 2.75) is 5.75 Å². The summed E-state index contributed by atoms with van der Waals surface area (Å²) < 4.78 is 0. The van der Waals surface area contributed by atoms with E-state index in [1.165, 1.54) is 28.6 Å². The molecule has 0 heterocycles. The molecular weight excluding hydrogens is 334 g/mol. The summed E-state index contributed by atoms with van der Waals surface area (Å²) in [4.78, 5) is 23.1. The number of carboxylic acid groups (broad SMARTS) is 1. The van der Waals surface area contributed by atoms with Gasteiger partial charge in [0, 0.05) is 17.0 Å². The Labute approximate surface area is 149 Å². The van der Waals surface area contributed by atoms with E-state index in [-0.39, 0.29) is 22.9 Å². The summed E-state index contributed by atoms with van der Waals surface area (Å²) >= 11 is 1.48. The van der Waals surface area contributed by atoms with Gasteiger partial charge in [-0.05, 0) is 22.4 Å². The quantitative estimate of drug-likeness (QED) is 0.742. The van der Waals surface area contributed by atoms with E-state index in [0.29, 0.717) is 5.75 Å². The van der Waals surface area contributed by atoms with Gasteiger partial charge >= 0.3 is 0 Å². The SMILES string of the molecule is O=C(CSCc1ccc2ccccc2c1)Nc1ccccc1C(=O)[O-]. The number of fused-ring (bicyclic) bond motifs is 1. The summed E-state index contributed by atoms with van der Waals surface area (Å²) in [5, 5.41) is 16.0. The smallest absolute Gasteiger partial charge is 0.234 e. The van der Waals surface area contributed by atoms with Crippen LogP contribution in [0.25, 0.3) is 10.8 Å². The number of hydrogen-bond acceptors (Lipinski definition) is 4. The highest BCUT2D eigenvalue weighted by Crippen LogP contribution is 2.20. The van der Waals surface area contributed by atoms with Gasteiger partial charge < -0.3 is 15.2 Å². The second-order valence-corrected chi connectivity index (χ2v) is 6.54. The minimum Gasteiger partial charge on any atom is -0.545 e. The molecule has 0 aromatic heterocycles. The number of benzene rings is 3. The minimum absolute atomic E-state index is 0.0182. The molecule has 1 N–H and O–H groups in total. The summed E-state index contributed by atoms with van der Waals surface area (Å²) in [7, 11) is 0. The summed E-state index contributed by atoms with van der Waals surface area (Å²) in [6.07, 6.45) is 0. The van der Waals surface area contributed by atoms with Crippen molar-refractivity contribution in [1.82, 2.24) is 0 Å². The number of hydrogen-bond donors (Lipinski definition) is 1. The number of anilines is 1. The van der Waals surface area contributed by atoms with Crippen LogP contribution in [0.3, 0.4) is 0 Å². The minimum atomic E-state index is -1.31. The van der Waals surface area contributed by atoms with Crippen LogP contribution < -0.4 is 10.4 Å². The number of rotatable bonds is 6. The van der Waals surface area contributed by atoms with E-state index < -0.39 is 5.97 Å². The number of nitrogens with one attached hydrogen (secondary N) is 1. The highest BCUT2D eigenvalue weighted by atomic mass is 32.2. The van der Waals surface area contributed by atoms with E-state index in [9.17, 15) is 14.7 Å². The molecule has 3 aromatic carbocycles. The third-order valence-electron chi connectivity index (χ3n) is 3.74. The van der Waals surface area contributed by atoms with Crippen LogP contribution in [-0.2, 0) is 10.5 Å². The van der Waals surface area contributed by atoms with Crippen molar-refractivity contribution in [3.05, 3.63) is 77.9 Å². The Morgan fingerprint density at radius 3 is 2.44 bits per heavy atom. The second kappa shape index (κ2) is 7.85. The lowest BCUT2D eigenvalue weighted by molar-refractivity contribution is -0.254. The first-order valence-corrected chi connectivity index (χ1v) is 8.94. The van der Waals surface area contributed by atoms with Gasteiger partial charge in [0.05, 0.1) is 11.7 Å². The number of carbonyl (C=O) groups excluding carboxylic acids is 2. The molecule has 3 rings (SSSR count). The van der Waals surface area contributed by atoms with E-state index in [0.717, 1.165) is 5.56 Å².